The minimum absolute atomic E-state index is 0.0585. The van der Waals surface area contributed by atoms with E-state index in [1.54, 1.807) is 0 Å². The van der Waals surface area contributed by atoms with E-state index in [9.17, 15) is 9.18 Å². The average molecular weight is 307 g/mol. The van der Waals surface area contributed by atoms with E-state index in [-0.39, 0.29) is 18.0 Å². The highest BCUT2D eigenvalue weighted by molar-refractivity contribution is 7.80. The van der Waals surface area contributed by atoms with Gasteiger partial charge in [0, 0.05) is 11.0 Å². The molecule has 0 unspecified atom stereocenters. The van der Waals surface area contributed by atoms with Crippen LogP contribution in [0.4, 0.5) is 14.9 Å². The third-order valence-electron chi connectivity index (χ3n) is 2.72. The third-order valence-corrected chi connectivity index (χ3v) is 3.09. The van der Waals surface area contributed by atoms with E-state index in [4.69, 9.17) is 9.47 Å². The molecule has 2 aromatic carbocycles. The number of carbonyl (C=O) groups is 1. The van der Waals surface area contributed by atoms with Crippen LogP contribution in [0.2, 0.25) is 0 Å². The zero-order valence-corrected chi connectivity index (χ0v) is 12.2. The largest absolute Gasteiger partial charge is 0.494 e. The van der Waals surface area contributed by atoms with Gasteiger partial charge in [-0.3, -0.25) is 5.32 Å². The van der Waals surface area contributed by atoms with Gasteiger partial charge in [0.2, 0.25) is 0 Å². The normalized spacial score (nSPS) is 10.0. The van der Waals surface area contributed by atoms with Gasteiger partial charge in [0.05, 0.1) is 12.8 Å². The van der Waals surface area contributed by atoms with Crippen molar-refractivity contribution >= 4 is 24.4 Å². The second kappa shape index (κ2) is 6.99. The van der Waals surface area contributed by atoms with Crippen molar-refractivity contribution < 1.29 is 18.7 Å². The van der Waals surface area contributed by atoms with E-state index < -0.39 is 11.9 Å². The van der Waals surface area contributed by atoms with E-state index in [0.29, 0.717) is 4.90 Å². The molecule has 0 fully saturated rings. The topological polar surface area (TPSA) is 47.6 Å². The predicted octanol–water partition coefficient (Wildman–Crippen LogP) is 3.87. The molecule has 1 N–H and O–H groups in total. The van der Waals surface area contributed by atoms with E-state index in [1.807, 2.05) is 30.3 Å². The van der Waals surface area contributed by atoms with Gasteiger partial charge in [0.15, 0.2) is 11.6 Å². The van der Waals surface area contributed by atoms with Crippen LogP contribution >= 0.6 is 12.6 Å². The number of nitrogens with one attached hydrogen (secondary N) is 1. The maximum atomic E-state index is 13.6. The summed E-state index contributed by atoms with van der Waals surface area (Å²) in [5.41, 5.74) is 1.08. The number of methoxy groups -OCH3 is 1. The fraction of sp³-hybridized carbons (Fsp3) is 0.133. The van der Waals surface area contributed by atoms with Gasteiger partial charge in [-0.05, 0) is 11.6 Å². The summed E-state index contributed by atoms with van der Waals surface area (Å²) >= 11 is 4.16. The Labute approximate surface area is 127 Å². The van der Waals surface area contributed by atoms with E-state index in [0.717, 1.165) is 11.6 Å². The molecular formula is C15H14FNO3S. The number of hydrogen-bond acceptors (Lipinski definition) is 4. The van der Waals surface area contributed by atoms with Crippen LogP contribution in [0.1, 0.15) is 5.56 Å². The van der Waals surface area contributed by atoms with Crippen molar-refractivity contribution in [3.63, 3.8) is 0 Å². The first-order valence-electron chi connectivity index (χ1n) is 6.14. The lowest BCUT2D eigenvalue weighted by molar-refractivity contribution is 0.155. The van der Waals surface area contributed by atoms with E-state index in [1.165, 1.54) is 13.2 Å². The van der Waals surface area contributed by atoms with Crippen molar-refractivity contribution in [2.45, 2.75) is 11.5 Å². The summed E-state index contributed by atoms with van der Waals surface area (Å²) in [5, 5.41) is 2.44. The molecule has 1 amide bonds. The van der Waals surface area contributed by atoms with Gasteiger partial charge in [-0.1, -0.05) is 30.3 Å². The standard InChI is InChI=1S/C15H14FNO3S/c1-19-13-8-14(21)12(7-11(13)16)17-15(18)20-9-10-5-3-2-4-6-10/h2-8,21H,9H2,1H3,(H,17,18). The number of hydrogen-bond donors (Lipinski definition) is 2. The maximum Gasteiger partial charge on any atom is 0.411 e. The van der Waals surface area contributed by atoms with Crippen LogP contribution in [0.15, 0.2) is 47.4 Å². The van der Waals surface area contributed by atoms with Gasteiger partial charge < -0.3 is 9.47 Å². The molecule has 0 radical (unpaired) electrons. The van der Waals surface area contributed by atoms with Gasteiger partial charge in [-0.15, -0.1) is 12.6 Å². The summed E-state index contributed by atoms with van der Waals surface area (Å²) in [4.78, 5) is 12.1. The van der Waals surface area contributed by atoms with Crippen LogP contribution in [-0.4, -0.2) is 13.2 Å². The fourth-order valence-corrected chi connectivity index (χ4v) is 1.91. The van der Waals surface area contributed by atoms with Crippen LogP contribution < -0.4 is 10.1 Å². The molecule has 0 aliphatic carbocycles. The SMILES string of the molecule is COc1cc(S)c(NC(=O)OCc2ccccc2)cc1F. The zero-order chi connectivity index (χ0) is 15.2. The summed E-state index contributed by atoms with van der Waals surface area (Å²) in [6.07, 6.45) is -0.682. The molecule has 0 saturated heterocycles. The predicted molar refractivity (Wildman–Crippen MR) is 80.5 cm³/mol. The first kappa shape index (κ1) is 15.2. The molecule has 0 aliphatic rings. The summed E-state index contributed by atoms with van der Waals surface area (Å²) in [6, 6.07) is 11.8. The molecule has 0 saturated carbocycles. The van der Waals surface area contributed by atoms with E-state index in [2.05, 4.69) is 17.9 Å². The van der Waals surface area contributed by atoms with E-state index >= 15 is 0 Å². The third kappa shape index (κ3) is 4.13. The Morgan fingerprint density at radius 1 is 1.29 bits per heavy atom. The lowest BCUT2D eigenvalue weighted by Crippen LogP contribution is -2.14. The molecule has 2 aromatic rings. The summed E-state index contributed by atoms with van der Waals surface area (Å²) < 4.78 is 23.4. The smallest absolute Gasteiger partial charge is 0.411 e. The Morgan fingerprint density at radius 3 is 2.67 bits per heavy atom. The highest BCUT2D eigenvalue weighted by atomic mass is 32.1. The lowest BCUT2D eigenvalue weighted by atomic mass is 10.2. The monoisotopic (exact) mass is 307 g/mol. The fourth-order valence-electron chi connectivity index (χ4n) is 1.67. The Balaban J connectivity index is 1.98. The minimum Gasteiger partial charge on any atom is -0.494 e. The van der Waals surface area contributed by atoms with Crippen molar-refractivity contribution in [1.82, 2.24) is 0 Å². The molecule has 0 aromatic heterocycles. The van der Waals surface area contributed by atoms with Crippen LogP contribution in [0.25, 0.3) is 0 Å². The van der Waals surface area contributed by atoms with Gasteiger partial charge in [0.1, 0.15) is 6.61 Å². The number of ether oxygens (including phenoxy) is 2. The first-order valence-corrected chi connectivity index (χ1v) is 6.59. The number of thiol groups is 1. The average Bonchev–Trinajstić information content (AvgIpc) is 2.49. The summed E-state index contributed by atoms with van der Waals surface area (Å²) in [5.74, 6) is -0.531. The van der Waals surface area contributed by atoms with Gasteiger partial charge in [-0.25, -0.2) is 9.18 Å². The molecule has 0 bridgehead atoms. The van der Waals surface area contributed by atoms with Crippen molar-refractivity contribution in [3.8, 4) is 5.75 Å². The van der Waals surface area contributed by atoms with Crippen LogP contribution in [0.5, 0.6) is 5.75 Å². The van der Waals surface area contributed by atoms with Crippen LogP contribution in [0, 0.1) is 5.82 Å². The highest BCUT2D eigenvalue weighted by Crippen LogP contribution is 2.28. The maximum absolute atomic E-state index is 13.6. The molecule has 6 heteroatoms. The molecule has 0 spiro atoms. The van der Waals surface area contributed by atoms with Crippen LogP contribution in [-0.2, 0) is 11.3 Å². The Kier molecular flexibility index (Phi) is 5.05. The highest BCUT2D eigenvalue weighted by Gasteiger charge is 2.11. The molecule has 21 heavy (non-hydrogen) atoms. The van der Waals surface area contributed by atoms with Crippen LogP contribution in [0.3, 0.4) is 0 Å². The van der Waals surface area contributed by atoms with Crippen molar-refractivity contribution in [1.29, 1.82) is 0 Å². The summed E-state index contributed by atoms with van der Waals surface area (Å²) in [7, 11) is 1.35. The first-order chi connectivity index (χ1) is 10.1. The molecule has 2 rings (SSSR count). The lowest BCUT2D eigenvalue weighted by Gasteiger charge is -2.11. The Bertz CT molecular complexity index is 634. The number of amides is 1. The number of halogens is 1. The number of rotatable bonds is 4. The molecule has 4 nitrogen and oxygen atoms in total. The molecule has 0 aliphatic heterocycles. The van der Waals surface area contributed by atoms with Crippen molar-refractivity contribution in [3.05, 3.63) is 53.8 Å². The molecular weight excluding hydrogens is 293 g/mol. The Morgan fingerprint density at radius 2 is 2.00 bits per heavy atom. The summed E-state index contributed by atoms with van der Waals surface area (Å²) in [6.45, 7) is 0.132. The Hall–Kier alpha value is -2.21. The quantitative estimate of drug-likeness (QED) is 0.843. The van der Waals surface area contributed by atoms with Crippen molar-refractivity contribution in [2.24, 2.45) is 0 Å². The van der Waals surface area contributed by atoms with Crippen molar-refractivity contribution in [2.75, 3.05) is 12.4 Å². The number of carbonyl (C=O) groups excluding carboxylic acids is 1. The van der Waals surface area contributed by atoms with Gasteiger partial charge in [-0.2, -0.15) is 0 Å². The second-order valence-corrected chi connectivity index (χ2v) is 4.67. The minimum atomic E-state index is -0.682. The molecule has 110 valence electrons. The zero-order valence-electron chi connectivity index (χ0n) is 11.3. The molecule has 0 atom stereocenters. The van der Waals surface area contributed by atoms with Gasteiger partial charge >= 0.3 is 6.09 Å². The number of anilines is 1. The number of benzene rings is 2. The van der Waals surface area contributed by atoms with Gasteiger partial charge in [0.25, 0.3) is 0 Å². The molecule has 0 heterocycles. The second-order valence-electron chi connectivity index (χ2n) is 4.19.